The van der Waals surface area contributed by atoms with Crippen molar-refractivity contribution in [1.82, 2.24) is 9.97 Å². The van der Waals surface area contributed by atoms with Gasteiger partial charge in [-0.2, -0.15) is 4.98 Å². The predicted molar refractivity (Wildman–Crippen MR) is 106 cm³/mol. The Kier molecular flexibility index (Phi) is 4.42. The Bertz CT molecular complexity index is 1050. The molecule has 2 aromatic carbocycles. The first-order valence-electron chi connectivity index (χ1n) is 8.83. The van der Waals surface area contributed by atoms with Crippen LogP contribution in [0.3, 0.4) is 0 Å². The van der Waals surface area contributed by atoms with E-state index in [1.807, 2.05) is 60.7 Å². The summed E-state index contributed by atoms with van der Waals surface area (Å²) < 4.78 is 5.71. The van der Waals surface area contributed by atoms with E-state index in [9.17, 15) is 4.79 Å². The van der Waals surface area contributed by atoms with Crippen LogP contribution in [0.1, 0.15) is 35.7 Å². The van der Waals surface area contributed by atoms with E-state index < -0.39 is 0 Å². The van der Waals surface area contributed by atoms with E-state index in [0.29, 0.717) is 34.3 Å². The van der Waals surface area contributed by atoms with Crippen LogP contribution in [-0.4, -0.2) is 15.9 Å². The molecule has 4 rings (SSSR count). The van der Waals surface area contributed by atoms with Crippen LogP contribution in [0.2, 0.25) is 0 Å². The number of pyridine rings is 1. The minimum atomic E-state index is -0.135. The van der Waals surface area contributed by atoms with E-state index in [2.05, 4.69) is 29.1 Å². The molecule has 0 aliphatic rings. The van der Waals surface area contributed by atoms with Crippen LogP contribution >= 0.6 is 0 Å². The van der Waals surface area contributed by atoms with Crippen molar-refractivity contribution in [3.8, 4) is 11.5 Å². The van der Waals surface area contributed by atoms with Crippen molar-refractivity contribution < 1.29 is 9.21 Å². The summed E-state index contributed by atoms with van der Waals surface area (Å²) in [5.74, 6) is 0.812. The summed E-state index contributed by atoms with van der Waals surface area (Å²) in [6.45, 7) is 4.26. The SMILES string of the molecule is CC(C)c1ccc(C(=O)Nc2ccc(-c3nc4ncccc4o3)cc2)cc1. The standard InChI is InChI=1S/C22H19N3O2/c1-14(2)15-5-7-16(8-6-15)21(26)24-18-11-9-17(10-12-18)22-25-20-19(27-22)4-3-13-23-20/h3-14H,1-2H3,(H,24,26). The van der Waals surface area contributed by atoms with Gasteiger partial charge < -0.3 is 9.73 Å². The second-order valence-electron chi connectivity index (χ2n) is 6.65. The first-order valence-corrected chi connectivity index (χ1v) is 8.83. The molecule has 0 spiro atoms. The molecule has 1 N–H and O–H groups in total. The van der Waals surface area contributed by atoms with Crippen LogP contribution in [0.5, 0.6) is 0 Å². The van der Waals surface area contributed by atoms with Crippen LogP contribution < -0.4 is 5.32 Å². The Morgan fingerprint density at radius 3 is 2.41 bits per heavy atom. The van der Waals surface area contributed by atoms with Gasteiger partial charge in [-0.25, -0.2) is 4.98 Å². The maximum atomic E-state index is 12.4. The van der Waals surface area contributed by atoms with Crippen molar-refractivity contribution in [2.24, 2.45) is 0 Å². The molecule has 0 aliphatic carbocycles. The van der Waals surface area contributed by atoms with Crippen molar-refractivity contribution in [2.45, 2.75) is 19.8 Å². The van der Waals surface area contributed by atoms with E-state index in [1.54, 1.807) is 6.20 Å². The minimum Gasteiger partial charge on any atom is -0.434 e. The number of hydrogen-bond acceptors (Lipinski definition) is 4. The van der Waals surface area contributed by atoms with Gasteiger partial charge in [0.25, 0.3) is 5.91 Å². The average molecular weight is 357 g/mol. The van der Waals surface area contributed by atoms with E-state index in [1.165, 1.54) is 5.56 Å². The number of aromatic nitrogens is 2. The fraction of sp³-hybridized carbons (Fsp3) is 0.136. The van der Waals surface area contributed by atoms with Crippen molar-refractivity contribution >= 4 is 22.8 Å². The molecule has 0 radical (unpaired) electrons. The quantitative estimate of drug-likeness (QED) is 0.540. The van der Waals surface area contributed by atoms with E-state index >= 15 is 0 Å². The van der Waals surface area contributed by atoms with Crippen molar-refractivity contribution in [1.29, 1.82) is 0 Å². The van der Waals surface area contributed by atoms with Gasteiger partial charge in [0.2, 0.25) is 5.89 Å². The van der Waals surface area contributed by atoms with Crippen LogP contribution in [0.25, 0.3) is 22.7 Å². The zero-order valence-corrected chi connectivity index (χ0v) is 15.1. The Morgan fingerprint density at radius 1 is 1.00 bits per heavy atom. The lowest BCUT2D eigenvalue weighted by atomic mass is 10.0. The zero-order chi connectivity index (χ0) is 18.8. The smallest absolute Gasteiger partial charge is 0.255 e. The normalized spacial score (nSPS) is 11.1. The third kappa shape index (κ3) is 3.58. The molecule has 5 nitrogen and oxygen atoms in total. The number of hydrogen-bond donors (Lipinski definition) is 1. The number of fused-ring (bicyclic) bond motifs is 1. The van der Waals surface area contributed by atoms with Crippen molar-refractivity contribution in [2.75, 3.05) is 5.32 Å². The highest BCUT2D eigenvalue weighted by Gasteiger charge is 2.10. The van der Waals surface area contributed by atoms with Crippen LogP contribution in [0.15, 0.2) is 71.3 Å². The summed E-state index contributed by atoms with van der Waals surface area (Å²) in [6.07, 6.45) is 1.68. The summed E-state index contributed by atoms with van der Waals surface area (Å²) in [4.78, 5) is 21.0. The van der Waals surface area contributed by atoms with Gasteiger partial charge in [-0.3, -0.25) is 4.79 Å². The summed E-state index contributed by atoms with van der Waals surface area (Å²) in [5, 5.41) is 2.91. The minimum absolute atomic E-state index is 0.135. The van der Waals surface area contributed by atoms with E-state index in [0.717, 1.165) is 5.56 Å². The molecule has 0 atom stereocenters. The maximum absolute atomic E-state index is 12.4. The summed E-state index contributed by atoms with van der Waals surface area (Å²) in [7, 11) is 0. The molecule has 27 heavy (non-hydrogen) atoms. The molecule has 2 aromatic heterocycles. The van der Waals surface area contributed by atoms with E-state index in [4.69, 9.17) is 4.42 Å². The number of nitrogens with zero attached hydrogens (tertiary/aromatic N) is 2. The molecule has 0 unspecified atom stereocenters. The molecule has 2 heterocycles. The molecule has 0 saturated heterocycles. The number of benzene rings is 2. The molecule has 0 bridgehead atoms. The average Bonchev–Trinajstić information content (AvgIpc) is 3.13. The number of rotatable bonds is 4. The van der Waals surface area contributed by atoms with Crippen LogP contribution in [0.4, 0.5) is 5.69 Å². The number of anilines is 1. The highest BCUT2D eigenvalue weighted by molar-refractivity contribution is 6.04. The summed E-state index contributed by atoms with van der Waals surface area (Å²) >= 11 is 0. The van der Waals surface area contributed by atoms with Gasteiger partial charge in [0.15, 0.2) is 11.2 Å². The Balaban J connectivity index is 1.49. The lowest BCUT2D eigenvalue weighted by Gasteiger charge is -2.08. The van der Waals surface area contributed by atoms with Gasteiger partial charge in [-0.15, -0.1) is 0 Å². The van der Waals surface area contributed by atoms with Gasteiger partial charge in [-0.1, -0.05) is 26.0 Å². The van der Waals surface area contributed by atoms with E-state index in [-0.39, 0.29) is 5.91 Å². The predicted octanol–water partition coefficient (Wildman–Crippen LogP) is 5.27. The third-order valence-electron chi connectivity index (χ3n) is 4.39. The molecule has 134 valence electrons. The first kappa shape index (κ1) is 17.0. The van der Waals surface area contributed by atoms with Gasteiger partial charge in [-0.05, 0) is 60.0 Å². The van der Waals surface area contributed by atoms with Gasteiger partial charge in [0.05, 0.1) is 0 Å². The zero-order valence-electron chi connectivity index (χ0n) is 15.1. The fourth-order valence-electron chi connectivity index (χ4n) is 2.81. The molecule has 0 saturated carbocycles. The third-order valence-corrected chi connectivity index (χ3v) is 4.39. The Hall–Kier alpha value is -3.47. The topological polar surface area (TPSA) is 68.0 Å². The Labute approximate surface area is 157 Å². The molecular weight excluding hydrogens is 338 g/mol. The van der Waals surface area contributed by atoms with Gasteiger partial charge >= 0.3 is 0 Å². The van der Waals surface area contributed by atoms with Crippen LogP contribution in [0, 0.1) is 0 Å². The highest BCUT2D eigenvalue weighted by Crippen LogP contribution is 2.24. The first-order chi connectivity index (χ1) is 13.1. The van der Waals surface area contributed by atoms with Crippen molar-refractivity contribution in [3.05, 3.63) is 78.0 Å². The number of amides is 1. The monoisotopic (exact) mass is 357 g/mol. The lowest BCUT2D eigenvalue weighted by Crippen LogP contribution is -2.11. The summed E-state index contributed by atoms with van der Waals surface area (Å²) in [5.41, 5.74) is 4.61. The molecule has 4 aromatic rings. The number of carbonyl (C=O) groups is 1. The van der Waals surface area contributed by atoms with Gasteiger partial charge in [0.1, 0.15) is 0 Å². The number of oxazole rings is 1. The number of nitrogens with one attached hydrogen (secondary N) is 1. The number of carbonyl (C=O) groups excluding carboxylic acids is 1. The van der Waals surface area contributed by atoms with Crippen molar-refractivity contribution in [3.63, 3.8) is 0 Å². The fourth-order valence-corrected chi connectivity index (χ4v) is 2.81. The van der Waals surface area contributed by atoms with Crippen LogP contribution in [-0.2, 0) is 0 Å². The Morgan fingerprint density at radius 2 is 1.74 bits per heavy atom. The van der Waals surface area contributed by atoms with Gasteiger partial charge in [0, 0.05) is 23.0 Å². The molecule has 5 heteroatoms. The second-order valence-corrected chi connectivity index (χ2v) is 6.65. The largest absolute Gasteiger partial charge is 0.434 e. The molecule has 0 aliphatic heterocycles. The highest BCUT2D eigenvalue weighted by atomic mass is 16.3. The second kappa shape index (κ2) is 7.03. The lowest BCUT2D eigenvalue weighted by molar-refractivity contribution is 0.102. The summed E-state index contributed by atoms with van der Waals surface area (Å²) in [6, 6.07) is 18.7. The maximum Gasteiger partial charge on any atom is 0.255 e. The molecular formula is C22H19N3O2. The molecule has 0 fully saturated rings. The molecule has 1 amide bonds.